The molecule has 2 rings (SSSR count). The first-order valence-corrected chi connectivity index (χ1v) is 7.39. The van der Waals surface area contributed by atoms with Gasteiger partial charge in [-0.3, -0.25) is 0 Å². The maximum atomic E-state index is 8.45. The molecule has 0 heterocycles. The first-order valence-electron chi connectivity index (χ1n) is 7.39. The maximum absolute atomic E-state index is 8.45. The van der Waals surface area contributed by atoms with Crippen LogP contribution in [0.5, 0.6) is 5.75 Å². The Kier molecular flexibility index (Phi) is 5.92. The number of rotatable bonds is 8. The normalized spacial score (nSPS) is 10.3. The molecule has 0 unspecified atom stereocenters. The van der Waals surface area contributed by atoms with Gasteiger partial charge in [0.15, 0.2) is 0 Å². The maximum Gasteiger partial charge on any atom is 0.127 e. The van der Waals surface area contributed by atoms with E-state index in [4.69, 9.17) is 10.00 Å². The number of benzene rings is 2. The van der Waals surface area contributed by atoms with Gasteiger partial charge >= 0.3 is 0 Å². The second-order valence-electron chi connectivity index (χ2n) is 5.00. The SMILES string of the molecule is N#CCCCCCCCOc1cccc2ccccc12. The molecule has 0 fully saturated rings. The van der Waals surface area contributed by atoms with Crippen molar-refractivity contribution < 1.29 is 4.74 Å². The van der Waals surface area contributed by atoms with E-state index >= 15 is 0 Å². The van der Waals surface area contributed by atoms with E-state index in [1.807, 2.05) is 24.3 Å². The van der Waals surface area contributed by atoms with Crippen LogP contribution in [0.4, 0.5) is 0 Å². The van der Waals surface area contributed by atoms with Crippen LogP contribution in [0.25, 0.3) is 10.8 Å². The highest BCUT2D eigenvalue weighted by Gasteiger charge is 2.00. The van der Waals surface area contributed by atoms with Gasteiger partial charge in [0.05, 0.1) is 12.7 Å². The molecule has 0 N–H and O–H groups in total. The minimum atomic E-state index is 0.687. The third kappa shape index (κ3) is 4.28. The summed E-state index contributed by atoms with van der Waals surface area (Å²) in [5.41, 5.74) is 0. The molecule has 2 nitrogen and oxygen atoms in total. The van der Waals surface area contributed by atoms with Crippen molar-refractivity contribution in [3.05, 3.63) is 42.5 Å². The molecule has 0 spiro atoms. The molecule has 0 aliphatic heterocycles. The molecule has 0 atom stereocenters. The summed E-state index contributed by atoms with van der Waals surface area (Å²) < 4.78 is 5.89. The van der Waals surface area contributed by atoms with E-state index in [-0.39, 0.29) is 0 Å². The molecule has 0 saturated carbocycles. The monoisotopic (exact) mass is 267 g/mol. The lowest BCUT2D eigenvalue weighted by atomic mass is 10.1. The zero-order chi connectivity index (χ0) is 14.0. The van der Waals surface area contributed by atoms with Crippen molar-refractivity contribution >= 4 is 10.8 Å². The Labute approximate surface area is 121 Å². The summed E-state index contributed by atoms with van der Waals surface area (Å²) >= 11 is 0. The standard InChI is InChI=1S/C18H21NO/c19-14-7-3-1-2-4-8-15-20-18-13-9-11-16-10-5-6-12-17(16)18/h5-6,9-13H,1-4,7-8,15H2. The van der Waals surface area contributed by atoms with Crippen LogP contribution in [0.15, 0.2) is 42.5 Å². The third-order valence-corrected chi connectivity index (χ3v) is 3.44. The molecule has 2 aromatic carbocycles. The highest BCUT2D eigenvalue weighted by Crippen LogP contribution is 2.25. The van der Waals surface area contributed by atoms with Crippen LogP contribution in [0.3, 0.4) is 0 Å². The van der Waals surface area contributed by atoms with Gasteiger partial charge in [0.25, 0.3) is 0 Å². The fraction of sp³-hybridized carbons (Fsp3) is 0.389. The second-order valence-corrected chi connectivity index (χ2v) is 5.00. The van der Waals surface area contributed by atoms with Crippen molar-refractivity contribution in [3.8, 4) is 11.8 Å². The van der Waals surface area contributed by atoms with Crippen molar-refractivity contribution in [3.63, 3.8) is 0 Å². The lowest BCUT2D eigenvalue weighted by molar-refractivity contribution is 0.308. The summed E-state index contributed by atoms with van der Waals surface area (Å²) in [7, 11) is 0. The smallest absolute Gasteiger partial charge is 0.127 e. The number of nitriles is 1. The van der Waals surface area contributed by atoms with Crippen molar-refractivity contribution in [2.24, 2.45) is 0 Å². The van der Waals surface area contributed by atoms with E-state index in [2.05, 4.69) is 24.3 Å². The highest BCUT2D eigenvalue weighted by atomic mass is 16.5. The predicted octanol–water partition coefficient (Wildman–Crippen LogP) is 5.08. The Morgan fingerprint density at radius 2 is 1.60 bits per heavy atom. The quantitative estimate of drug-likeness (QED) is 0.625. The summed E-state index contributed by atoms with van der Waals surface area (Å²) in [6.45, 7) is 0.770. The summed E-state index contributed by atoms with van der Waals surface area (Å²) in [5, 5.41) is 10.9. The third-order valence-electron chi connectivity index (χ3n) is 3.44. The van der Waals surface area contributed by atoms with Crippen LogP contribution in [0.2, 0.25) is 0 Å². The van der Waals surface area contributed by atoms with Gasteiger partial charge in [-0.1, -0.05) is 55.7 Å². The summed E-state index contributed by atoms with van der Waals surface area (Å²) in [5.74, 6) is 0.979. The Hall–Kier alpha value is -2.01. The van der Waals surface area contributed by atoms with Gasteiger partial charge in [0.2, 0.25) is 0 Å². The van der Waals surface area contributed by atoms with Crippen molar-refractivity contribution in [1.82, 2.24) is 0 Å². The number of fused-ring (bicyclic) bond motifs is 1. The van der Waals surface area contributed by atoms with Gasteiger partial charge in [-0.2, -0.15) is 5.26 Å². The Morgan fingerprint density at radius 1 is 0.850 bits per heavy atom. The van der Waals surface area contributed by atoms with E-state index < -0.39 is 0 Å². The number of hydrogen-bond donors (Lipinski definition) is 0. The molecule has 0 amide bonds. The molecule has 0 saturated heterocycles. The summed E-state index contributed by atoms with van der Waals surface area (Å²) in [6, 6.07) is 16.7. The van der Waals surface area contributed by atoms with Crippen LogP contribution < -0.4 is 4.74 Å². The number of unbranched alkanes of at least 4 members (excludes halogenated alkanes) is 5. The average Bonchev–Trinajstić information content (AvgIpc) is 2.50. The second kappa shape index (κ2) is 8.22. The molecule has 104 valence electrons. The number of nitrogens with zero attached hydrogens (tertiary/aromatic N) is 1. The molecule has 0 bridgehead atoms. The Morgan fingerprint density at radius 3 is 2.50 bits per heavy atom. The van der Waals surface area contributed by atoms with Gasteiger partial charge in [0, 0.05) is 11.8 Å². The van der Waals surface area contributed by atoms with E-state index in [1.54, 1.807) is 0 Å². The van der Waals surface area contributed by atoms with Gasteiger partial charge in [-0.25, -0.2) is 0 Å². The first-order chi connectivity index (χ1) is 9.92. The minimum Gasteiger partial charge on any atom is -0.493 e. The lowest BCUT2D eigenvalue weighted by Crippen LogP contribution is -1.97. The molecule has 2 aromatic rings. The van der Waals surface area contributed by atoms with Crippen LogP contribution in [0, 0.1) is 11.3 Å². The topological polar surface area (TPSA) is 33.0 Å². The fourth-order valence-electron chi connectivity index (χ4n) is 2.34. The van der Waals surface area contributed by atoms with Crippen molar-refractivity contribution in [1.29, 1.82) is 5.26 Å². The largest absolute Gasteiger partial charge is 0.493 e. The molecular formula is C18H21NO. The van der Waals surface area contributed by atoms with Gasteiger partial charge in [0.1, 0.15) is 5.75 Å². The molecule has 0 aromatic heterocycles. The molecule has 2 heteroatoms. The van der Waals surface area contributed by atoms with Crippen LogP contribution in [0.1, 0.15) is 38.5 Å². The van der Waals surface area contributed by atoms with Gasteiger partial charge < -0.3 is 4.74 Å². The lowest BCUT2D eigenvalue weighted by Gasteiger charge is -2.09. The highest BCUT2D eigenvalue weighted by molar-refractivity contribution is 5.88. The van der Waals surface area contributed by atoms with Crippen LogP contribution >= 0.6 is 0 Å². The molecular weight excluding hydrogens is 246 g/mol. The van der Waals surface area contributed by atoms with E-state index in [0.29, 0.717) is 6.42 Å². The summed E-state index contributed by atoms with van der Waals surface area (Å²) in [4.78, 5) is 0. The average molecular weight is 267 g/mol. The van der Waals surface area contributed by atoms with Crippen molar-refractivity contribution in [2.75, 3.05) is 6.61 Å². The fourth-order valence-corrected chi connectivity index (χ4v) is 2.34. The van der Waals surface area contributed by atoms with E-state index in [1.165, 1.54) is 23.6 Å². The van der Waals surface area contributed by atoms with E-state index in [9.17, 15) is 0 Å². The van der Waals surface area contributed by atoms with Crippen molar-refractivity contribution in [2.45, 2.75) is 38.5 Å². The van der Waals surface area contributed by atoms with Crippen LogP contribution in [-0.2, 0) is 0 Å². The minimum absolute atomic E-state index is 0.687. The molecule has 20 heavy (non-hydrogen) atoms. The summed E-state index contributed by atoms with van der Waals surface area (Å²) in [6.07, 6.45) is 6.32. The van der Waals surface area contributed by atoms with Crippen LogP contribution in [-0.4, -0.2) is 6.61 Å². The van der Waals surface area contributed by atoms with Gasteiger partial charge in [-0.05, 0) is 24.3 Å². The zero-order valence-corrected chi connectivity index (χ0v) is 11.8. The number of hydrogen-bond acceptors (Lipinski definition) is 2. The van der Waals surface area contributed by atoms with Gasteiger partial charge in [-0.15, -0.1) is 0 Å². The predicted molar refractivity (Wildman–Crippen MR) is 82.8 cm³/mol. The Balaban J connectivity index is 1.72. The molecule has 0 aliphatic rings. The number of ether oxygens (including phenoxy) is 1. The molecule has 0 radical (unpaired) electrons. The van der Waals surface area contributed by atoms with E-state index in [0.717, 1.165) is 31.6 Å². The zero-order valence-electron chi connectivity index (χ0n) is 11.8. The Bertz CT molecular complexity index is 566. The molecule has 0 aliphatic carbocycles. The first kappa shape index (κ1) is 14.4.